The highest BCUT2D eigenvalue weighted by Crippen LogP contribution is 2.26. The molecule has 1 heterocycles. The zero-order chi connectivity index (χ0) is 18.4. The van der Waals surface area contributed by atoms with Gasteiger partial charge in [0.05, 0.1) is 12.7 Å². The summed E-state index contributed by atoms with van der Waals surface area (Å²) in [4.78, 5) is 29.0. The molecule has 6 nitrogen and oxygen atoms in total. The number of hydrogen-bond donors (Lipinski definition) is 1. The molecule has 134 valence electrons. The molecule has 0 saturated carbocycles. The largest absolute Gasteiger partial charge is 0.465 e. The maximum absolute atomic E-state index is 12.2. The highest BCUT2D eigenvalue weighted by molar-refractivity contribution is 6.39. The van der Waals surface area contributed by atoms with E-state index >= 15 is 0 Å². The summed E-state index contributed by atoms with van der Waals surface area (Å²) in [5.74, 6) is -0.577. The van der Waals surface area contributed by atoms with E-state index in [-0.39, 0.29) is 18.0 Å². The molecule has 6 heteroatoms. The summed E-state index contributed by atoms with van der Waals surface area (Å²) in [6.45, 7) is 0.478. The van der Waals surface area contributed by atoms with E-state index in [2.05, 4.69) is 15.2 Å². The molecule has 1 unspecified atom stereocenters. The van der Waals surface area contributed by atoms with Crippen molar-refractivity contribution in [3.63, 3.8) is 0 Å². The van der Waals surface area contributed by atoms with Crippen LogP contribution in [0.15, 0.2) is 59.8 Å². The van der Waals surface area contributed by atoms with Crippen molar-refractivity contribution in [3.8, 4) is 0 Å². The second-order valence-corrected chi connectivity index (χ2v) is 5.94. The van der Waals surface area contributed by atoms with Crippen LogP contribution in [0.3, 0.4) is 0 Å². The summed E-state index contributed by atoms with van der Waals surface area (Å²) in [6.07, 6.45) is 0.912. The van der Waals surface area contributed by atoms with Crippen molar-refractivity contribution in [1.29, 1.82) is 0 Å². The molecule has 1 amide bonds. The number of hydrogen-bond acceptors (Lipinski definition) is 5. The van der Waals surface area contributed by atoms with Crippen LogP contribution in [-0.2, 0) is 20.8 Å². The number of nitrogens with one attached hydrogen (secondary N) is 1. The summed E-state index contributed by atoms with van der Waals surface area (Å²) in [6, 6.07) is 16.8. The number of carbonyl (C=O) groups is 2. The zero-order valence-corrected chi connectivity index (χ0v) is 14.5. The number of amides is 1. The van der Waals surface area contributed by atoms with Gasteiger partial charge in [0.25, 0.3) is 5.91 Å². The van der Waals surface area contributed by atoms with Gasteiger partial charge in [-0.15, -0.1) is 0 Å². The van der Waals surface area contributed by atoms with Gasteiger partial charge in [-0.2, -0.15) is 0 Å². The standard InChI is InChI=1S/C20H20N2O4/c1-25-20(24)16-9-7-14(8-10-16)11-12-21-19(23)17-13-18(26-22-17)15-5-3-2-4-6-15/h2-10,18H,11-13H2,1H3,(H,21,23). The fourth-order valence-electron chi connectivity index (χ4n) is 2.71. The second kappa shape index (κ2) is 8.29. The lowest BCUT2D eigenvalue weighted by atomic mass is 10.0. The highest BCUT2D eigenvalue weighted by Gasteiger charge is 2.26. The van der Waals surface area contributed by atoms with Crippen LogP contribution in [0.2, 0.25) is 0 Å². The first-order valence-electron chi connectivity index (χ1n) is 8.40. The monoisotopic (exact) mass is 352 g/mol. The maximum atomic E-state index is 12.2. The van der Waals surface area contributed by atoms with Gasteiger partial charge in [-0.05, 0) is 29.7 Å². The summed E-state index contributed by atoms with van der Waals surface area (Å²) < 4.78 is 4.67. The molecule has 0 aromatic heterocycles. The zero-order valence-electron chi connectivity index (χ0n) is 14.5. The third-order valence-electron chi connectivity index (χ3n) is 4.18. The Morgan fingerprint density at radius 2 is 1.88 bits per heavy atom. The maximum Gasteiger partial charge on any atom is 0.337 e. The lowest BCUT2D eigenvalue weighted by Gasteiger charge is -2.08. The summed E-state index contributed by atoms with van der Waals surface area (Å²) in [5, 5.41) is 6.77. The topological polar surface area (TPSA) is 77.0 Å². The number of nitrogens with zero attached hydrogens (tertiary/aromatic N) is 1. The molecule has 0 aliphatic carbocycles. The molecular weight excluding hydrogens is 332 g/mol. The Morgan fingerprint density at radius 1 is 1.15 bits per heavy atom. The van der Waals surface area contributed by atoms with Gasteiger partial charge in [0.1, 0.15) is 5.71 Å². The molecule has 2 aromatic rings. The Morgan fingerprint density at radius 3 is 2.58 bits per heavy atom. The third kappa shape index (κ3) is 4.27. The third-order valence-corrected chi connectivity index (χ3v) is 4.18. The molecule has 1 N–H and O–H groups in total. The molecule has 0 bridgehead atoms. The van der Waals surface area contributed by atoms with Crippen LogP contribution in [0, 0.1) is 0 Å². The Kier molecular flexibility index (Phi) is 5.63. The molecule has 1 atom stereocenters. The van der Waals surface area contributed by atoms with Gasteiger partial charge in [-0.25, -0.2) is 4.79 Å². The Bertz CT molecular complexity index is 800. The van der Waals surface area contributed by atoms with E-state index < -0.39 is 0 Å². The molecule has 3 rings (SSSR count). The van der Waals surface area contributed by atoms with E-state index in [4.69, 9.17) is 4.84 Å². The Labute approximate surface area is 151 Å². The van der Waals surface area contributed by atoms with E-state index in [0.717, 1.165) is 11.1 Å². The van der Waals surface area contributed by atoms with Crippen LogP contribution < -0.4 is 5.32 Å². The smallest absolute Gasteiger partial charge is 0.337 e. The van der Waals surface area contributed by atoms with Crippen molar-refractivity contribution in [2.45, 2.75) is 18.9 Å². The van der Waals surface area contributed by atoms with Gasteiger partial charge in [-0.3, -0.25) is 4.79 Å². The Hall–Kier alpha value is -3.15. The van der Waals surface area contributed by atoms with Crippen LogP contribution in [0.1, 0.15) is 34.0 Å². The Balaban J connectivity index is 1.45. The van der Waals surface area contributed by atoms with Crippen molar-refractivity contribution in [3.05, 3.63) is 71.3 Å². The molecular formula is C20H20N2O4. The molecule has 1 aliphatic rings. The number of rotatable bonds is 6. The summed E-state index contributed by atoms with van der Waals surface area (Å²) in [7, 11) is 1.35. The second-order valence-electron chi connectivity index (χ2n) is 5.94. The van der Waals surface area contributed by atoms with Crippen LogP contribution >= 0.6 is 0 Å². The van der Waals surface area contributed by atoms with E-state index in [9.17, 15) is 9.59 Å². The lowest BCUT2D eigenvalue weighted by molar-refractivity contribution is -0.114. The molecule has 2 aromatic carbocycles. The fraction of sp³-hybridized carbons (Fsp3) is 0.250. The first-order valence-corrected chi connectivity index (χ1v) is 8.40. The summed E-state index contributed by atoms with van der Waals surface area (Å²) in [5.41, 5.74) is 2.93. The van der Waals surface area contributed by atoms with Crippen molar-refractivity contribution in [2.75, 3.05) is 13.7 Å². The minimum absolute atomic E-state index is 0.206. The number of esters is 1. The lowest BCUT2D eigenvalue weighted by Crippen LogP contribution is -2.32. The number of carbonyl (C=O) groups excluding carboxylic acids is 2. The minimum Gasteiger partial charge on any atom is -0.465 e. The van der Waals surface area contributed by atoms with E-state index in [0.29, 0.717) is 30.7 Å². The average Bonchev–Trinajstić information content (AvgIpc) is 3.19. The van der Waals surface area contributed by atoms with E-state index in [1.165, 1.54) is 7.11 Å². The number of benzene rings is 2. The fourth-order valence-corrected chi connectivity index (χ4v) is 2.71. The highest BCUT2D eigenvalue weighted by atomic mass is 16.6. The average molecular weight is 352 g/mol. The molecule has 0 saturated heterocycles. The molecule has 0 radical (unpaired) electrons. The van der Waals surface area contributed by atoms with Crippen molar-refractivity contribution in [2.24, 2.45) is 5.16 Å². The first-order chi connectivity index (χ1) is 12.7. The van der Waals surface area contributed by atoms with Crippen molar-refractivity contribution < 1.29 is 19.2 Å². The quantitative estimate of drug-likeness (QED) is 0.811. The van der Waals surface area contributed by atoms with Gasteiger partial charge in [0.15, 0.2) is 6.10 Å². The predicted octanol–water partition coefficient (Wildman–Crippen LogP) is 2.65. The molecule has 1 aliphatic heterocycles. The van der Waals surface area contributed by atoms with Gasteiger partial charge in [-0.1, -0.05) is 47.6 Å². The molecule has 0 fully saturated rings. The predicted molar refractivity (Wildman–Crippen MR) is 96.8 cm³/mol. The van der Waals surface area contributed by atoms with Gasteiger partial charge in [0, 0.05) is 13.0 Å². The van der Waals surface area contributed by atoms with Crippen LogP contribution in [-0.4, -0.2) is 31.2 Å². The number of oxime groups is 1. The molecule has 26 heavy (non-hydrogen) atoms. The normalized spacial score (nSPS) is 15.7. The first kappa shape index (κ1) is 17.7. The van der Waals surface area contributed by atoms with E-state index in [1.54, 1.807) is 12.1 Å². The van der Waals surface area contributed by atoms with Gasteiger partial charge in [0.2, 0.25) is 0 Å². The molecule has 0 spiro atoms. The van der Waals surface area contributed by atoms with Crippen molar-refractivity contribution in [1.82, 2.24) is 5.32 Å². The van der Waals surface area contributed by atoms with E-state index in [1.807, 2.05) is 42.5 Å². The van der Waals surface area contributed by atoms with Gasteiger partial charge >= 0.3 is 5.97 Å². The minimum atomic E-state index is -0.364. The van der Waals surface area contributed by atoms with Crippen molar-refractivity contribution >= 4 is 17.6 Å². The number of methoxy groups -OCH3 is 1. The van der Waals surface area contributed by atoms with Crippen LogP contribution in [0.5, 0.6) is 0 Å². The summed E-state index contributed by atoms with van der Waals surface area (Å²) >= 11 is 0. The van der Waals surface area contributed by atoms with Crippen LogP contribution in [0.25, 0.3) is 0 Å². The van der Waals surface area contributed by atoms with Crippen LogP contribution in [0.4, 0.5) is 0 Å². The SMILES string of the molecule is COC(=O)c1ccc(CCNC(=O)C2=NOC(c3ccccc3)C2)cc1. The van der Waals surface area contributed by atoms with Gasteiger partial charge < -0.3 is 14.9 Å². The number of ether oxygens (including phenoxy) is 1.